The molecule has 15 heavy (non-hydrogen) atoms. The van der Waals surface area contributed by atoms with Crippen LogP contribution in [0.5, 0.6) is 0 Å². The van der Waals surface area contributed by atoms with E-state index in [0.717, 1.165) is 25.6 Å². The molecule has 0 spiro atoms. The van der Waals surface area contributed by atoms with Gasteiger partial charge < -0.3 is 0 Å². The molecular weight excluding hydrogens is 257 g/mol. The molecule has 0 aliphatic carbocycles. The van der Waals surface area contributed by atoms with Crippen molar-refractivity contribution in [2.75, 3.05) is 13.1 Å². The van der Waals surface area contributed by atoms with Gasteiger partial charge in [0.15, 0.2) is 0 Å². The minimum absolute atomic E-state index is 0.187. The lowest BCUT2D eigenvalue weighted by molar-refractivity contribution is 0.320. The average Bonchev–Trinajstić information content (AvgIpc) is 2.58. The van der Waals surface area contributed by atoms with Crippen LogP contribution in [0.15, 0.2) is 22.7 Å². The maximum absolute atomic E-state index is 13.0. The highest BCUT2D eigenvalue weighted by Gasteiger charge is 2.18. The second kappa shape index (κ2) is 4.62. The first kappa shape index (κ1) is 11.1. The SMILES string of the molecule is CC1CCN(Cc2ccc(F)c(Br)c2)C1. The summed E-state index contributed by atoms with van der Waals surface area (Å²) >= 11 is 3.21. The fourth-order valence-corrected chi connectivity index (χ4v) is 2.49. The molecule has 1 atom stereocenters. The third-order valence-corrected chi connectivity index (χ3v) is 3.51. The van der Waals surface area contributed by atoms with Crippen molar-refractivity contribution in [3.05, 3.63) is 34.1 Å². The molecule has 82 valence electrons. The molecule has 1 aliphatic rings. The third kappa shape index (κ3) is 2.79. The molecule has 0 bridgehead atoms. The lowest BCUT2D eigenvalue weighted by atomic mass is 10.2. The van der Waals surface area contributed by atoms with E-state index in [1.54, 1.807) is 0 Å². The summed E-state index contributed by atoms with van der Waals surface area (Å²) in [6, 6.07) is 5.26. The molecule has 3 heteroatoms. The maximum atomic E-state index is 13.0. The molecule has 0 aromatic heterocycles. The van der Waals surface area contributed by atoms with Crippen LogP contribution in [-0.2, 0) is 6.54 Å². The molecule has 0 radical (unpaired) electrons. The van der Waals surface area contributed by atoms with Crippen LogP contribution < -0.4 is 0 Å². The second-order valence-corrected chi connectivity index (χ2v) is 5.23. The van der Waals surface area contributed by atoms with Crippen LogP contribution >= 0.6 is 15.9 Å². The van der Waals surface area contributed by atoms with Gasteiger partial charge >= 0.3 is 0 Å². The Balaban J connectivity index is 2.02. The molecule has 1 saturated heterocycles. The summed E-state index contributed by atoms with van der Waals surface area (Å²) in [7, 11) is 0. The Kier molecular flexibility index (Phi) is 3.42. The molecule has 1 nitrogen and oxygen atoms in total. The number of rotatable bonds is 2. The Bertz CT molecular complexity index is 353. The smallest absolute Gasteiger partial charge is 0.137 e. The zero-order chi connectivity index (χ0) is 10.8. The van der Waals surface area contributed by atoms with Crippen molar-refractivity contribution in [1.29, 1.82) is 0 Å². The monoisotopic (exact) mass is 271 g/mol. The summed E-state index contributed by atoms with van der Waals surface area (Å²) in [6.45, 7) is 5.54. The lowest BCUT2D eigenvalue weighted by Crippen LogP contribution is -2.19. The zero-order valence-electron chi connectivity index (χ0n) is 8.84. The van der Waals surface area contributed by atoms with Crippen molar-refractivity contribution in [2.24, 2.45) is 5.92 Å². The first-order valence-corrected chi connectivity index (χ1v) is 6.11. The van der Waals surface area contributed by atoms with Crippen molar-refractivity contribution in [3.63, 3.8) is 0 Å². The fraction of sp³-hybridized carbons (Fsp3) is 0.500. The fourth-order valence-electron chi connectivity index (χ4n) is 2.07. The number of hydrogen-bond donors (Lipinski definition) is 0. The van der Waals surface area contributed by atoms with E-state index in [2.05, 4.69) is 27.8 Å². The van der Waals surface area contributed by atoms with Crippen molar-refractivity contribution in [3.8, 4) is 0 Å². The van der Waals surface area contributed by atoms with Crippen LogP contribution in [0.25, 0.3) is 0 Å². The number of hydrogen-bond acceptors (Lipinski definition) is 1. The number of halogens is 2. The Morgan fingerprint density at radius 3 is 2.93 bits per heavy atom. The van der Waals surface area contributed by atoms with Gasteiger partial charge in [-0.2, -0.15) is 0 Å². The van der Waals surface area contributed by atoms with Gasteiger partial charge in [0.05, 0.1) is 4.47 Å². The molecule has 2 rings (SSSR count). The van der Waals surface area contributed by atoms with Gasteiger partial charge in [0.1, 0.15) is 5.82 Å². The molecule has 1 aromatic rings. The second-order valence-electron chi connectivity index (χ2n) is 4.38. The van der Waals surface area contributed by atoms with Gasteiger partial charge in [-0.25, -0.2) is 4.39 Å². The lowest BCUT2D eigenvalue weighted by Gasteiger charge is -2.15. The summed E-state index contributed by atoms with van der Waals surface area (Å²) < 4.78 is 13.6. The van der Waals surface area contributed by atoms with E-state index < -0.39 is 0 Å². The predicted octanol–water partition coefficient (Wildman–Crippen LogP) is 3.43. The summed E-state index contributed by atoms with van der Waals surface area (Å²) in [5, 5.41) is 0. The first-order valence-electron chi connectivity index (χ1n) is 5.31. The van der Waals surface area contributed by atoms with Gasteiger partial charge in [-0.05, 0) is 52.5 Å². The molecule has 1 unspecified atom stereocenters. The Morgan fingerprint density at radius 1 is 1.53 bits per heavy atom. The Labute approximate surface area is 98.4 Å². The molecule has 1 heterocycles. The molecule has 1 aliphatic heterocycles. The summed E-state index contributed by atoms with van der Waals surface area (Å²) in [5.41, 5.74) is 1.18. The van der Waals surface area contributed by atoms with Gasteiger partial charge in [0.25, 0.3) is 0 Å². The zero-order valence-corrected chi connectivity index (χ0v) is 10.4. The predicted molar refractivity (Wildman–Crippen MR) is 63.2 cm³/mol. The summed E-state index contributed by atoms with van der Waals surface area (Å²) in [5.74, 6) is 0.613. The van der Waals surface area contributed by atoms with Gasteiger partial charge in [-0.3, -0.25) is 4.90 Å². The quantitative estimate of drug-likeness (QED) is 0.797. The number of likely N-dealkylation sites (tertiary alicyclic amines) is 1. The minimum Gasteiger partial charge on any atom is -0.299 e. The highest BCUT2D eigenvalue weighted by atomic mass is 79.9. The van der Waals surface area contributed by atoms with Crippen molar-refractivity contribution in [2.45, 2.75) is 19.9 Å². The molecule has 0 N–H and O–H groups in total. The van der Waals surface area contributed by atoms with E-state index in [-0.39, 0.29) is 5.82 Å². The van der Waals surface area contributed by atoms with Crippen molar-refractivity contribution >= 4 is 15.9 Å². The van der Waals surface area contributed by atoms with Gasteiger partial charge in [-0.15, -0.1) is 0 Å². The van der Waals surface area contributed by atoms with E-state index in [9.17, 15) is 4.39 Å². The van der Waals surface area contributed by atoms with Crippen LogP contribution in [0.3, 0.4) is 0 Å². The normalized spacial score (nSPS) is 22.2. The molecule has 1 aromatic carbocycles. The number of benzene rings is 1. The topological polar surface area (TPSA) is 3.24 Å². The average molecular weight is 272 g/mol. The molecular formula is C12H15BrFN. The number of nitrogens with zero attached hydrogens (tertiary/aromatic N) is 1. The minimum atomic E-state index is -0.187. The molecule has 0 saturated carbocycles. The molecule has 0 amide bonds. The van der Waals surface area contributed by atoms with Crippen LogP contribution in [-0.4, -0.2) is 18.0 Å². The van der Waals surface area contributed by atoms with Crippen LogP contribution in [0.1, 0.15) is 18.9 Å². The van der Waals surface area contributed by atoms with Crippen LogP contribution in [0.2, 0.25) is 0 Å². The summed E-state index contributed by atoms with van der Waals surface area (Å²) in [4.78, 5) is 2.42. The first-order chi connectivity index (χ1) is 7.15. The van der Waals surface area contributed by atoms with Gasteiger partial charge in [0.2, 0.25) is 0 Å². The van der Waals surface area contributed by atoms with Crippen LogP contribution in [0, 0.1) is 11.7 Å². The maximum Gasteiger partial charge on any atom is 0.137 e. The highest BCUT2D eigenvalue weighted by Crippen LogP contribution is 2.21. The summed E-state index contributed by atoms with van der Waals surface area (Å²) in [6.07, 6.45) is 1.28. The standard InChI is InChI=1S/C12H15BrFN/c1-9-4-5-15(7-9)8-10-2-3-12(14)11(13)6-10/h2-3,6,9H,4-5,7-8H2,1H3. The highest BCUT2D eigenvalue weighted by molar-refractivity contribution is 9.10. The van der Waals surface area contributed by atoms with E-state index in [0.29, 0.717) is 4.47 Å². The van der Waals surface area contributed by atoms with Crippen LogP contribution in [0.4, 0.5) is 4.39 Å². The van der Waals surface area contributed by atoms with E-state index in [1.807, 2.05) is 12.1 Å². The van der Waals surface area contributed by atoms with Crippen molar-refractivity contribution < 1.29 is 4.39 Å². The Hall–Kier alpha value is -0.410. The van der Waals surface area contributed by atoms with E-state index >= 15 is 0 Å². The van der Waals surface area contributed by atoms with Gasteiger partial charge in [0, 0.05) is 13.1 Å². The molecule has 1 fully saturated rings. The van der Waals surface area contributed by atoms with E-state index in [1.165, 1.54) is 18.1 Å². The van der Waals surface area contributed by atoms with Gasteiger partial charge in [-0.1, -0.05) is 13.0 Å². The van der Waals surface area contributed by atoms with Crippen molar-refractivity contribution in [1.82, 2.24) is 4.90 Å². The Morgan fingerprint density at radius 2 is 2.33 bits per heavy atom. The third-order valence-electron chi connectivity index (χ3n) is 2.90. The largest absolute Gasteiger partial charge is 0.299 e. The van der Waals surface area contributed by atoms with E-state index in [4.69, 9.17) is 0 Å².